The van der Waals surface area contributed by atoms with Crippen LogP contribution in [0.2, 0.25) is 0 Å². The lowest BCUT2D eigenvalue weighted by Gasteiger charge is -2.21. The minimum Gasteiger partial charge on any atom is -0.493 e. The Morgan fingerprint density at radius 3 is 2.89 bits per heavy atom. The second-order valence-electron chi connectivity index (χ2n) is 5.18. The lowest BCUT2D eigenvalue weighted by molar-refractivity contribution is 0.346. The fourth-order valence-corrected chi connectivity index (χ4v) is 3.10. The Morgan fingerprint density at radius 2 is 2.17 bits per heavy atom. The van der Waals surface area contributed by atoms with Gasteiger partial charge >= 0.3 is 0 Å². The first-order chi connectivity index (χ1) is 8.61. The number of nitrogens with one attached hydrogen (secondary N) is 1. The molecule has 0 saturated carbocycles. The zero-order valence-corrected chi connectivity index (χ0v) is 13.0. The number of halogens is 1. The van der Waals surface area contributed by atoms with Gasteiger partial charge in [-0.25, -0.2) is 0 Å². The molecular formula is C15H22BrNO. The summed E-state index contributed by atoms with van der Waals surface area (Å²) in [6, 6.07) is 4.93. The lowest BCUT2D eigenvalue weighted by Crippen LogP contribution is -2.32. The summed E-state index contributed by atoms with van der Waals surface area (Å²) in [6.07, 6.45) is 2.11. The van der Waals surface area contributed by atoms with Crippen molar-refractivity contribution < 1.29 is 4.74 Å². The first kappa shape index (κ1) is 13.9. The van der Waals surface area contributed by atoms with Gasteiger partial charge in [0, 0.05) is 16.9 Å². The van der Waals surface area contributed by atoms with Crippen LogP contribution in [0.15, 0.2) is 16.6 Å². The SMILES string of the molecule is CCNC(C)C(C)Cc1cc(Br)cc2c1OCC2. The van der Waals surface area contributed by atoms with Crippen LogP contribution >= 0.6 is 15.9 Å². The van der Waals surface area contributed by atoms with Crippen LogP contribution in [0.25, 0.3) is 0 Å². The van der Waals surface area contributed by atoms with Gasteiger partial charge in [0.25, 0.3) is 0 Å². The summed E-state index contributed by atoms with van der Waals surface area (Å²) >= 11 is 3.60. The van der Waals surface area contributed by atoms with E-state index in [0.717, 1.165) is 31.7 Å². The van der Waals surface area contributed by atoms with E-state index in [0.29, 0.717) is 12.0 Å². The molecule has 0 aromatic heterocycles. The summed E-state index contributed by atoms with van der Waals surface area (Å²) in [5.41, 5.74) is 2.69. The minimum atomic E-state index is 0.533. The summed E-state index contributed by atoms with van der Waals surface area (Å²) in [5.74, 6) is 1.74. The largest absolute Gasteiger partial charge is 0.493 e. The number of hydrogen-bond donors (Lipinski definition) is 1. The van der Waals surface area contributed by atoms with Crippen LogP contribution < -0.4 is 10.1 Å². The number of fused-ring (bicyclic) bond motifs is 1. The second kappa shape index (κ2) is 6.07. The van der Waals surface area contributed by atoms with E-state index in [1.165, 1.54) is 15.6 Å². The molecule has 0 amide bonds. The van der Waals surface area contributed by atoms with Gasteiger partial charge in [0.05, 0.1) is 6.61 Å². The summed E-state index contributed by atoms with van der Waals surface area (Å²) in [4.78, 5) is 0. The molecule has 0 fully saturated rings. The van der Waals surface area contributed by atoms with Gasteiger partial charge in [-0.2, -0.15) is 0 Å². The van der Waals surface area contributed by atoms with Crippen LogP contribution in [0.5, 0.6) is 5.75 Å². The van der Waals surface area contributed by atoms with Crippen molar-refractivity contribution in [2.45, 2.75) is 39.7 Å². The standard InChI is InChI=1S/C15H22BrNO/c1-4-17-11(3)10(2)7-13-9-14(16)8-12-5-6-18-15(12)13/h8-11,17H,4-7H2,1-3H3. The Morgan fingerprint density at radius 1 is 1.39 bits per heavy atom. The van der Waals surface area contributed by atoms with Gasteiger partial charge in [0.2, 0.25) is 0 Å². The summed E-state index contributed by atoms with van der Waals surface area (Å²) in [6.45, 7) is 8.57. The molecule has 2 unspecified atom stereocenters. The van der Waals surface area contributed by atoms with Gasteiger partial charge in [-0.3, -0.25) is 0 Å². The highest BCUT2D eigenvalue weighted by Crippen LogP contribution is 2.34. The monoisotopic (exact) mass is 311 g/mol. The highest BCUT2D eigenvalue weighted by molar-refractivity contribution is 9.10. The molecule has 2 atom stereocenters. The fourth-order valence-electron chi connectivity index (χ4n) is 2.54. The van der Waals surface area contributed by atoms with Crippen molar-refractivity contribution >= 4 is 15.9 Å². The van der Waals surface area contributed by atoms with Crippen molar-refractivity contribution in [2.75, 3.05) is 13.2 Å². The van der Waals surface area contributed by atoms with E-state index >= 15 is 0 Å². The molecule has 0 saturated heterocycles. The normalized spacial score (nSPS) is 17.1. The van der Waals surface area contributed by atoms with Crippen LogP contribution in [0.4, 0.5) is 0 Å². The molecular weight excluding hydrogens is 290 g/mol. The molecule has 1 N–H and O–H groups in total. The van der Waals surface area contributed by atoms with Gasteiger partial charge in [0.15, 0.2) is 0 Å². The predicted octanol–water partition coefficient (Wildman–Crippen LogP) is 3.56. The highest BCUT2D eigenvalue weighted by atomic mass is 79.9. The smallest absolute Gasteiger partial charge is 0.125 e. The van der Waals surface area contributed by atoms with Crippen molar-refractivity contribution in [1.29, 1.82) is 0 Å². The Hall–Kier alpha value is -0.540. The van der Waals surface area contributed by atoms with Crippen molar-refractivity contribution in [1.82, 2.24) is 5.32 Å². The molecule has 1 aliphatic rings. The summed E-state index contributed by atoms with van der Waals surface area (Å²) in [5, 5.41) is 3.50. The third-order valence-corrected chi connectivity index (χ3v) is 4.20. The fraction of sp³-hybridized carbons (Fsp3) is 0.600. The number of rotatable bonds is 5. The average molecular weight is 312 g/mol. The number of ether oxygens (including phenoxy) is 1. The van der Waals surface area contributed by atoms with Crippen LogP contribution in [0.3, 0.4) is 0 Å². The third-order valence-electron chi connectivity index (χ3n) is 3.75. The minimum absolute atomic E-state index is 0.533. The average Bonchev–Trinajstić information content (AvgIpc) is 2.77. The predicted molar refractivity (Wildman–Crippen MR) is 79.3 cm³/mol. The Kier molecular flexibility index (Phi) is 4.68. The maximum Gasteiger partial charge on any atom is 0.125 e. The van der Waals surface area contributed by atoms with Crippen LogP contribution in [-0.4, -0.2) is 19.2 Å². The van der Waals surface area contributed by atoms with E-state index in [1.54, 1.807) is 0 Å². The van der Waals surface area contributed by atoms with E-state index in [-0.39, 0.29) is 0 Å². The number of benzene rings is 1. The van der Waals surface area contributed by atoms with E-state index in [4.69, 9.17) is 4.74 Å². The van der Waals surface area contributed by atoms with Gasteiger partial charge in [-0.05, 0) is 49.1 Å². The summed E-state index contributed by atoms with van der Waals surface area (Å²) < 4.78 is 6.96. The van der Waals surface area contributed by atoms with Crippen molar-refractivity contribution in [3.8, 4) is 5.75 Å². The van der Waals surface area contributed by atoms with Crippen molar-refractivity contribution in [3.63, 3.8) is 0 Å². The molecule has 1 aromatic carbocycles. The Labute approximate surface area is 118 Å². The first-order valence-electron chi connectivity index (χ1n) is 6.79. The van der Waals surface area contributed by atoms with Gasteiger partial charge < -0.3 is 10.1 Å². The molecule has 1 aliphatic heterocycles. The van der Waals surface area contributed by atoms with Crippen molar-refractivity contribution in [3.05, 3.63) is 27.7 Å². The molecule has 1 aromatic rings. The molecule has 1 heterocycles. The van der Waals surface area contributed by atoms with Crippen molar-refractivity contribution in [2.24, 2.45) is 5.92 Å². The first-order valence-corrected chi connectivity index (χ1v) is 7.58. The van der Waals surface area contributed by atoms with Crippen LogP contribution in [-0.2, 0) is 12.8 Å². The molecule has 18 heavy (non-hydrogen) atoms. The topological polar surface area (TPSA) is 21.3 Å². The second-order valence-corrected chi connectivity index (χ2v) is 6.10. The molecule has 2 nitrogen and oxygen atoms in total. The third kappa shape index (κ3) is 3.07. The Balaban J connectivity index is 2.14. The molecule has 0 bridgehead atoms. The zero-order valence-electron chi connectivity index (χ0n) is 11.4. The van der Waals surface area contributed by atoms with Gasteiger partial charge in [0.1, 0.15) is 5.75 Å². The van der Waals surface area contributed by atoms with Crippen LogP contribution in [0, 0.1) is 5.92 Å². The van der Waals surface area contributed by atoms with E-state index in [1.807, 2.05) is 0 Å². The highest BCUT2D eigenvalue weighted by Gasteiger charge is 2.20. The molecule has 2 rings (SSSR count). The van der Waals surface area contributed by atoms with Gasteiger partial charge in [-0.15, -0.1) is 0 Å². The van der Waals surface area contributed by atoms with E-state index in [9.17, 15) is 0 Å². The molecule has 3 heteroatoms. The van der Waals surface area contributed by atoms with E-state index < -0.39 is 0 Å². The molecule has 100 valence electrons. The van der Waals surface area contributed by atoms with Crippen LogP contribution in [0.1, 0.15) is 31.9 Å². The molecule has 0 radical (unpaired) electrons. The summed E-state index contributed by atoms with van der Waals surface area (Å²) in [7, 11) is 0. The Bertz CT molecular complexity index is 419. The molecule has 0 aliphatic carbocycles. The molecule has 0 spiro atoms. The van der Waals surface area contributed by atoms with Gasteiger partial charge in [-0.1, -0.05) is 29.8 Å². The van der Waals surface area contributed by atoms with E-state index in [2.05, 4.69) is 54.2 Å². The maximum absolute atomic E-state index is 5.78. The lowest BCUT2D eigenvalue weighted by atomic mass is 9.93. The quantitative estimate of drug-likeness (QED) is 0.897. The number of hydrogen-bond acceptors (Lipinski definition) is 2. The zero-order chi connectivity index (χ0) is 13.1. The maximum atomic E-state index is 5.78.